The summed E-state index contributed by atoms with van der Waals surface area (Å²) in [6, 6.07) is 15.1. The van der Waals surface area contributed by atoms with Crippen LogP contribution in [-0.2, 0) is 4.79 Å². The maximum atomic E-state index is 13.5. The molecule has 0 fully saturated rings. The molecule has 3 aromatic rings. The summed E-state index contributed by atoms with van der Waals surface area (Å²) in [4.78, 5) is 13.5. The van der Waals surface area contributed by atoms with Gasteiger partial charge in [-0.15, -0.1) is 0 Å². The van der Waals surface area contributed by atoms with Crippen molar-refractivity contribution in [1.82, 2.24) is 5.16 Å². The highest BCUT2D eigenvalue weighted by molar-refractivity contribution is 6.01. The predicted molar refractivity (Wildman–Crippen MR) is 116 cm³/mol. The number of Topliss-reactive ketones (excluding diaryl/α,β-unsaturated/α-hetero) is 1. The zero-order chi connectivity index (χ0) is 21.5. The second kappa shape index (κ2) is 7.61. The number of benzene rings is 2. The summed E-state index contributed by atoms with van der Waals surface area (Å²) in [6.45, 7) is 4.45. The highest BCUT2D eigenvalue weighted by Gasteiger charge is 2.41. The van der Waals surface area contributed by atoms with E-state index in [1.165, 1.54) is 0 Å². The summed E-state index contributed by atoms with van der Waals surface area (Å²) < 4.78 is 11.2. The number of para-hydroxylation sites is 1. The van der Waals surface area contributed by atoms with Crippen LogP contribution >= 0.6 is 0 Å². The monoisotopic (exact) mass is 416 g/mol. The van der Waals surface area contributed by atoms with Gasteiger partial charge in [0.1, 0.15) is 11.5 Å². The van der Waals surface area contributed by atoms with Crippen LogP contribution in [0.3, 0.4) is 0 Å². The van der Waals surface area contributed by atoms with Gasteiger partial charge in [-0.05, 0) is 49.6 Å². The Hall–Kier alpha value is -3.54. The molecule has 158 valence electrons. The molecule has 2 heterocycles. The largest absolute Gasteiger partial charge is 0.508 e. The van der Waals surface area contributed by atoms with Crippen molar-refractivity contribution in [2.75, 3.05) is 11.9 Å². The molecular formula is C25H24N2O4. The summed E-state index contributed by atoms with van der Waals surface area (Å²) in [6.07, 6.45) is 0.969. The number of hydrogen-bond donors (Lipinski definition) is 2. The molecule has 0 spiro atoms. The van der Waals surface area contributed by atoms with Gasteiger partial charge in [0.15, 0.2) is 5.78 Å². The second-order valence-corrected chi connectivity index (χ2v) is 8.05. The van der Waals surface area contributed by atoms with Gasteiger partial charge in [0.2, 0.25) is 5.88 Å². The van der Waals surface area contributed by atoms with Crippen LogP contribution in [0.2, 0.25) is 0 Å². The first-order valence-electron chi connectivity index (χ1n) is 10.6. The molecule has 31 heavy (non-hydrogen) atoms. The van der Waals surface area contributed by atoms with Crippen LogP contribution in [0.5, 0.6) is 11.5 Å². The van der Waals surface area contributed by atoms with E-state index in [4.69, 9.17) is 9.26 Å². The van der Waals surface area contributed by atoms with E-state index in [2.05, 4.69) is 10.5 Å². The zero-order valence-corrected chi connectivity index (χ0v) is 17.5. The standard InChI is InChI=1S/C25H24N2O4/c1-3-30-17-10-8-15(9-11-17)23-22-14(2)27-31-25(22)26-19-12-16(13-21(29)24(19)23)18-6-4-5-7-20(18)28/h4-11,16,23,26,28H,3,12-13H2,1-2H3/t16-,23+/m0/s1. The number of aryl methyl sites for hydroxylation is 1. The van der Waals surface area contributed by atoms with E-state index in [1.807, 2.05) is 50.2 Å². The van der Waals surface area contributed by atoms with E-state index in [1.54, 1.807) is 12.1 Å². The first-order chi connectivity index (χ1) is 15.1. The summed E-state index contributed by atoms with van der Waals surface area (Å²) in [5.74, 6) is 1.34. The predicted octanol–water partition coefficient (Wildman–Crippen LogP) is 5.05. The maximum Gasteiger partial charge on any atom is 0.233 e. The van der Waals surface area contributed by atoms with E-state index < -0.39 is 0 Å². The number of aromatic hydroxyl groups is 1. The molecule has 0 amide bonds. The lowest BCUT2D eigenvalue weighted by Gasteiger charge is -2.34. The molecule has 0 saturated heterocycles. The number of hydrogen-bond acceptors (Lipinski definition) is 6. The number of anilines is 1. The summed E-state index contributed by atoms with van der Waals surface area (Å²) in [7, 11) is 0. The van der Waals surface area contributed by atoms with Crippen molar-refractivity contribution < 1.29 is 19.2 Å². The number of allylic oxidation sites excluding steroid dienone is 2. The van der Waals surface area contributed by atoms with Crippen molar-refractivity contribution in [2.45, 2.75) is 38.5 Å². The number of phenols is 1. The fourth-order valence-electron chi connectivity index (χ4n) is 4.78. The normalized spacial score (nSPS) is 20.1. The molecule has 2 atom stereocenters. The van der Waals surface area contributed by atoms with Crippen molar-refractivity contribution in [2.24, 2.45) is 0 Å². The number of ether oxygens (including phenoxy) is 1. The van der Waals surface area contributed by atoms with Crippen LogP contribution in [0.25, 0.3) is 0 Å². The fraction of sp³-hybridized carbons (Fsp3) is 0.280. The van der Waals surface area contributed by atoms with Gasteiger partial charge in [0.05, 0.1) is 17.9 Å². The Morgan fingerprint density at radius 2 is 1.94 bits per heavy atom. The van der Waals surface area contributed by atoms with Crippen LogP contribution in [0.1, 0.15) is 54.0 Å². The van der Waals surface area contributed by atoms with Crippen LogP contribution in [0.4, 0.5) is 5.88 Å². The number of rotatable bonds is 4. The van der Waals surface area contributed by atoms with Gasteiger partial charge in [0.25, 0.3) is 0 Å². The molecule has 2 aliphatic rings. The van der Waals surface area contributed by atoms with Crippen LogP contribution in [-0.4, -0.2) is 22.7 Å². The Morgan fingerprint density at radius 1 is 1.16 bits per heavy atom. The number of carbonyl (C=O) groups excluding carboxylic acids is 1. The third-order valence-electron chi connectivity index (χ3n) is 6.16. The lowest BCUT2D eigenvalue weighted by atomic mass is 9.72. The zero-order valence-electron chi connectivity index (χ0n) is 17.5. The van der Waals surface area contributed by atoms with E-state index in [9.17, 15) is 9.90 Å². The highest BCUT2D eigenvalue weighted by Crippen LogP contribution is 2.49. The molecule has 5 rings (SSSR count). The number of phenolic OH excluding ortho intramolecular Hbond substituents is 1. The molecule has 0 bridgehead atoms. The number of ketones is 1. The minimum Gasteiger partial charge on any atom is -0.508 e. The van der Waals surface area contributed by atoms with Gasteiger partial charge in [0, 0.05) is 29.5 Å². The average Bonchev–Trinajstić information content (AvgIpc) is 3.14. The Morgan fingerprint density at radius 3 is 2.68 bits per heavy atom. The Balaban J connectivity index is 1.59. The van der Waals surface area contributed by atoms with Crippen LogP contribution in [0.15, 0.2) is 64.3 Å². The Kier molecular flexibility index (Phi) is 4.77. The van der Waals surface area contributed by atoms with Gasteiger partial charge in [-0.2, -0.15) is 0 Å². The molecule has 1 aliphatic carbocycles. The Labute approximate surface area is 180 Å². The average molecular weight is 416 g/mol. The molecule has 1 aliphatic heterocycles. The van der Waals surface area contributed by atoms with Crippen LogP contribution in [0, 0.1) is 6.92 Å². The topological polar surface area (TPSA) is 84.6 Å². The molecule has 6 heteroatoms. The van der Waals surface area contributed by atoms with Gasteiger partial charge >= 0.3 is 0 Å². The van der Waals surface area contributed by atoms with Crippen LogP contribution < -0.4 is 10.1 Å². The second-order valence-electron chi connectivity index (χ2n) is 8.05. The number of fused-ring (bicyclic) bond motifs is 1. The van der Waals surface area contributed by atoms with Crippen molar-refractivity contribution in [3.63, 3.8) is 0 Å². The lowest BCUT2D eigenvalue weighted by Crippen LogP contribution is -2.29. The molecule has 1 aromatic heterocycles. The minimum absolute atomic E-state index is 0.0761. The van der Waals surface area contributed by atoms with Crippen molar-refractivity contribution in [3.8, 4) is 11.5 Å². The maximum absolute atomic E-state index is 13.5. The summed E-state index contributed by atoms with van der Waals surface area (Å²) in [5, 5.41) is 17.8. The minimum atomic E-state index is -0.244. The Bertz CT molecular complexity index is 1180. The molecule has 0 unspecified atom stereocenters. The fourth-order valence-corrected chi connectivity index (χ4v) is 4.78. The van der Waals surface area contributed by atoms with Gasteiger partial charge in [-0.25, -0.2) is 0 Å². The quantitative estimate of drug-likeness (QED) is 0.619. The number of aromatic nitrogens is 1. The van der Waals surface area contributed by atoms with E-state index in [0.29, 0.717) is 25.3 Å². The lowest BCUT2D eigenvalue weighted by molar-refractivity contribution is -0.116. The summed E-state index contributed by atoms with van der Waals surface area (Å²) in [5.41, 5.74) is 5.06. The van der Waals surface area contributed by atoms with E-state index in [0.717, 1.165) is 39.4 Å². The smallest absolute Gasteiger partial charge is 0.233 e. The molecule has 2 aromatic carbocycles. The van der Waals surface area contributed by atoms with Gasteiger partial charge < -0.3 is 19.7 Å². The third-order valence-corrected chi connectivity index (χ3v) is 6.16. The van der Waals surface area contributed by atoms with Crippen molar-refractivity contribution in [1.29, 1.82) is 0 Å². The third kappa shape index (κ3) is 3.28. The first-order valence-corrected chi connectivity index (χ1v) is 10.6. The first kappa shape index (κ1) is 19.4. The number of nitrogens with one attached hydrogen (secondary N) is 1. The van der Waals surface area contributed by atoms with E-state index >= 15 is 0 Å². The van der Waals surface area contributed by atoms with Gasteiger partial charge in [-0.3, -0.25) is 4.79 Å². The molecule has 0 radical (unpaired) electrons. The van der Waals surface area contributed by atoms with Gasteiger partial charge in [-0.1, -0.05) is 35.5 Å². The molecule has 2 N–H and O–H groups in total. The van der Waals surface area contributed by atoms with Crippen molar-refractivity contribution >= 4 is 11.7 Å². The molecule has 0 saturated carbocycles. The van der Waals surface area contributed by atoms with E-state index in [-0.39, 0.29) is 23.4 Å². The number of carbonyl (C=O) groups is 1. The summed E-state index contributed by atoms with van der Waals surface area (Å²) >= 11 is 0. The van der Waals surface area contributed by atoms with Crippen molar-refractivity contribution in [3.05, 3.63) is 82.2 Å². The SMILES string of the molecule is CCOc1ccc([C@H]2C3=C(C[C@H](c4ccccc4O)CC3=O)Nc3onc(C)c32)cc1. The molecule has 6 nitrogen and oxygen atoms in total. The number of nitrogens with zero attached hydrogens (tertiary/aromatic N) is 1. The molecular weight excluding hydrogens is 392 g/mol. The highest BCUT2D eigenvalue weighted by atomic mass is 16.5.